The standard InChI is InChI=1S/C13H16BrNO2/c1-5-9(2)15-8-10-6-12(16-3)13(17-4)7-11(10)14/h1,6-7,9,15H,8H2,2-4H3. The molecule has 1 unspecified atom stereocenters. The van der Waals surface area contributed by atoms with Gasteiger partial charge in [0.2, 0.25) is 0 Å². The van der Waals surface area contributed by atoms with E-state index in [-0.39, 0.29) is 6.04 Å². The van der Waals surface area contributed by atoms with E-state index in [4.69, 9.17) is 15.9 Å². The van der Waals surface area contributed by atoms with Gasteiger partial charge in [0, 0.05) is 11.0 Å². The van der Waals surface area contributed by atoms with Crippen molar-refractivity contribution in [2.45, 2.75) is 19.5 Å². The van der Waals surface area contributed by atoms with Gasteiger partial charge in [-0.2, -0.15) is 0 Å². The Morgan fingerprint density at radius 1 is 1.35 bits per heavy atom. The lowest BCUT2D eigenvalue weighted by molar-refractivity contribution is 0.354. The van der Waals surface area contributed by atoms with Crippen LogP contribution in [0, 0.1) is 12.3 Å². The molecule has 0 aliphatic rings. The van der Waals surface area contributed by atoms with Crippen LogP contribution in [0.1, 0.15) is 12.5 Å². The summed E-state index contributed by atoms with van der Waals surface area (Å²) in [4.78, 5) is 0. The van der Waals surface area contributed by atoms with Crippen LogP contribution in [-0.2, 0) is 6.54 Å². The van der Waals surface area contributed by atoms with Crippen LogP contribution in [0.5, 0.6) is 11.5 Å². The van der Waals surface area contributed by atoms with Gasteiger partial charge in [-0.05, 0) is 24.6 Å². The molecular formula is C13H16BrNO2. The highest BCUT2D eigenvalue weighted by Gasteiger charge is 2.09. The van der Waals surface area contributed by atoms with Gasteiger partial charge in [-0.15, -0.1) is 6.42 Å². The molecule has 0 heterocycles. The number of hydrogen-bond donors (Lipinski definition) is 1. The van der Waals surface area contributed by atoms with E-state index in [0.29, 0.717) is 18.0 Å². The van der Waals surface area contributed by atoms with E-state index in [1.807, 2.05) is 19.1 Å². The average Bonchev–Trinajstić information content (AvgIpc) is 2.36. The highest BCUT2D eigenvalue weighted by Crippen LogP contribution is 2.33. The molecule has 4 heteroatoms. The third-order valence-electron chi connectivity index (χ3n) is 2.40. The zero-order valence-corrected chi connectivity index (χ0v) is 11.8. The Hall–Kier alpha value is -1.18. The molecule has 1 N–H and O–H groups in total. The lowest BCUT2D eigenvalue weighted by Gasteiger charge is -2.13. The quantitative estimate of drug-likeness (QED) is 0.848. The fourth-order valence-electron chi connectivity index (χ4n) is 1.35. The Balaban J connectivity index is 2.90. The number of benzene rings is 1. The zero-order valence-electron chi connectivity index (χ0n) is 10.2. The monoisotopic (exact) mass is 297 g/mol. The second-order valence-corrected chi connectivity index (χ2v) is 4.42. The fraction of sp³-hybridized carbons (Fsp3) is 0.385. The lowest BCUT2D eigenvalue weighted by Crippen LogP contribution is -2.23. The maximum atomic E-state index is 5.31. The molecule has 0 bridgehead atoms. The molecule has 0 amide bonds. The van der Waals surface area contributed by atoms with Gasteiger partial charge in [0.15, 0.2) is 11.5 Å². The number of methoxy groups -OCH3 is 2. The molecule has 3 nitrogen and oxygen atoms in total. The first-order valence-corrected chi connectivity index (χ1v) is 6.01. The summed E-state index contributed by atoms with van der Waals surface area (Å²) >= 11 is 3.50. The van der Waals surface area contributed by atoms with E-state index < -0.39 is 0 Å². The molecule has 17 heavy (non-hydrogen) atoms. The van der Waals surface area contributed by atoms with Crippen molar-refractivity contribution in [2.24, 2.45) is 0 Å². The van der Waals surface area contributed by atoms with Crippen LogP contribution in [0.25, 0.3) is 0 Å². The molecule has 0 aliphatic heterocycles. The molecule has 92 valence electrons. The third kappa shape index (κ3) is 3.65. The van der Waals surface area contributed by atoms with Crippen LogP contribution in [0.3, 0.4) is 0 Å². The SMILES string of the molecule is C#CC(C)NCc1cc(OC)c(OC)cc1Br. The maximum Gasteiger partial charge on any atom is 0.161 e. The van der Waals surface area contributed by atoms with Crippen molar-refractivity contribution < 1.29 is 9.47 Å². The molecule has 0 fully saturated rings. The summed E-state index contributed by atoms with van der Waals surface area (Å²) in [7, 11) is 3.23. The van der Waals surface area contributed by atoms with Crippen LogP contribution in [0.2, 0.25) is 0 Å². The molecule has 0 spiro atoms. The van der Waals surface area contributed by atoms with E-state index in [0.717, 1.165) is 10.0 Å². The predicted molar refractivity (Wildman–Crippen MR) is 72.4 cm³/mol. The number of terminal acetylenes is 1. The second-order valence-electron chi connectivity index (χ2n) is 3.57. The van der Waals surface area contributed by atoms with Crippen LogP contribution in [-0.4, -0.2) is 20.3 Å². The maximum absolute atomic E-state index is 5.31. The normalized spacial score (nSPS) is 11.7. The van der Waals surface area contributed by atoms with Gasteiger partial charge < -0.3 is 9.47 Å². The molecule has 1 aromatic rings. The Bertz CT molecular complexity index is 426. The van der Waals surface area contributed by atoms with Crippen LogP contribution in [0.4, 0.5) is 0 Å². The van der Waals surface area contributed by atoms with Crippen LogP contribution in [0.15, 0.2) is 16.6 Å². The van der Waals surface area contributed by atoms with Gasteiger partial charge in [-0.3, -0.25) is 5.32 Å². The van der Waals surface area contributed by atoms with E-state index in [9.17, 15) is 0 Å². The van der Waals surface area contributed by atoms with Crippen molar-refractivity contribution in [1.82, 2.24) is 5.32 Å². The third-order valence-corrected chi connectivity index (χ3v) is 3.14. The summed E-state index contributed by atoms with van der Waals surface area (Å²) in [5.41, 5.74) is 1.07. The van der Waals surface area contributed by atoms with Crippen molar-refractivity contribution in [1.29, 1.82) is 0 Å². The Morgan fingerprint density at radius 3 is 2.47 bits per heavy atom. The Morgan fingerprint density at radius 2 is 1.94 bits per heavy atom. The van der Waals surface area contributed by atoms with Gasteiger partial charge in [-0.25, -0.2) is 0 Å². The summed E-state index contributed by atoms with van der Waals surface area (Å²) in [6, 6.07) is 3.85. The summed E-state index contributed by atoms with van der Waals surface area (Å²) in [6.07, 6.45) is 5.31. The van der Waals surface area contributed by atoms with Gasteiger partial charge >= 0.3 is 0 Å². The van der Waals surface area contributed by atoms with Gasteiger partial charge in [0.05, 0.1) is 20.3 Å². The number of rotatable bonds is 5. The van der Waals surface area contributed by atoms with Crippen molar-refractivity contribution in [2.75, 3.05) is 14.2 Å². The molecule has 0 radical (unpaired) electrons. The van der Waals surface area contributed by atoms with Gasteiger partial charge in [0.25, 0.3) is 0 Å². The first-order valence-electron chi connectivity index (χ1n) is 5.22. The molecule has 1 atom stereocenters. The summed E-state index contributed by atoms with van der Waals surface area (Å²) in [5, 5.41) is 3.22. The lowest BCUT2D eigenvalue weighted by atomic mass is 10.2. The van der Waals surface area contributed by atoms with E-state index in [1.165, 1.54) is 0 Å². The van der Waals surface area contributed by atoms with Crippen molar-refractivity contribution in [3.63, 3.8) is 0 Å². The number of hydrogen-bond acceptors (Lipinski definition) is 3. The minimum Gasteiger partial charge on any atom is -0.493 e. The minimum absolute atomic E-state index is 0.0370. The van der Waals surface area contributed by atoms with Crippen LogP contribution < -0.4 is 14.8 Å². The molecule has 0 saturated carbocycles. The number of ether oxygens (including phenoxy) is 2. The molecule has 0 aromatic heterocycles. The molecule has 0 saturated heterocycles. The largest absolute Gasteiger partial charge is 0.493 e. The van der Waals surface area contributed by atoms with E-state index >= 15 is 0 Å². The van der Waals surface area contributed by atoms with Crippen molar-refractivity contribution in [3.05, 3.63) is 22.2 Å². The first kappa shape index (κ1) is 13.9. The fourth-order valence-corrected chi connectivity index (χ4v) is 1.82. The van der Waals surface area contributed by atoms with Gasteiger partial charge in [0.1, 0.15) is 0 Å². The molecule has 1 rings (SSSR count). The summed E-state index contributed by atoms with van der Waals surface area (Å²) in [6.45, 7) is 2.61. The van der Waals surface area contributed by atoms with Crippen LogP contribution >= 0.6 is 15.9 Å². The number of halogens is 1. The molecule has 0 aliphatic carbocycles. The Kier molecular flexibility index (Phi) is 5.33. The highest BCUT2D eigenvalue weighted by atomic mass is 79.9. The van der Waals surface area contributed by atoms with E-state index in [1.54, 1.807) is 14.2 Å². The van der Waals surface area contributed by atoms with Crippen molar-refractivity contribution in [3.8, 4) is 23.8 Å². The first-order chi connectivity index (χ1) is 8.12. The van der Waals surface area contributed by atoms with Gasteiger partial charge in [-0.1, -0.05) is 21.9 Å². The summed E-state index contributed by atoms with van der Waals surface area (Å²) in [5.74, 6) is 4.03. The topological polar surface area (TPSA) is 30.5 Å². The minimum atomic E-state index is 0.0370. The average molecular weight is 298 g/mol. The highest BCUT2D eigenvalue weighted by molar-refractivity contribution is 9.10. The smallest absolute Gasteiger partial charge is 0.161 e. The summed E-state index contributed by atoms with van der Waals surface area (Å²) < 4.78 is 11.4. The zero-order chi connectivity index (χ0) is 12.8. The van der Waals surface area contributed by atoms with Crippen molar-refractivity contribution >= 4 is 15.9 Å². The molecule has 1 aromatic carbocycles. The molecular weight excluding hydrogens is 282 g/mol. The van der Waals surface area contributed by atoms with E-state index in [2.05, 4.69) is 27.2 Å². The predicted octanol–water partition coefficient (Wildman–Crippen LogP) is 2.58. The second kappa shape index (κ2) is 6.53. The number of nitrogens with one attached hydrogen (secondary N) is 1. The Labute approximate surface area is 111 Å².